The van der Waals surface area contributed by atoms with Gasteiger partial charge in [0, 0.05) is 19.0 Å². The molecule has 0 aromatic rings. The maximum atomic E-state index is 11.9. The van der Waals surface area contributed by atoms with Gasteiger partial charge in [0.15, 0.2) is 0 Å². The molecule has 0 aromatic carbocycles. The van der Waals surface area contributed by atoms with Crippen molar-refractivity contribution >= 4 is 12.0 Å². The fourth-order valence-corrected chi connectivity index (χ4v) is 1.61. The van der Waals surface area contributed by atoms with Crippen molar-refractivity contribution in [2.45, 2.75) is 52.6 Å². The fraction of sp³-hybridized carbons (Fsp3) is 0.857. The Hall–Kier alpha value is -1.33. The normalized spacial score (nSPS) is 12.7. The van der Waals surface area contributed by atoms with Crippen LogP contribution in [0.25, 0.3) is 0 Å². The summed E-state index contributed by atoms with van der Waals surface area (Å²) >= 11 is 0. The molecule has 0 saturated carbocycles. The summed E-state index contributed by atoms with van der Waals surface area (Å²) in [5.41, 5.74) is -0.530. The van der Waals surface area contributed by atoms with E-state index in [2.05, 4.69) is 10.6 Å². The minimum absolute atomic E-state index is 0.0908. The third kappa shape index (κ3) is 9.58. The van der Waals surface area contributed by atoms with Crippen molar-refractivity contribution in [2.24, 2.45) is 5.92 Å². The lowest BCUT2D eigenvalue weighted by atomic mass is 10.0. The van der Waals surface area contributed by atoms with Gasteiger partial charge in [0.05, 0.1) is 6.67 Å². The molecular formula is C14H27FN2O3. The van der Waals surface area contributed by atoms with E-state index in [0.29, 0.717) is 32.4 Å². The average molecular weight is 290 g/mol. The molecule has 1 unspecified atom stereocenters. The Morgan fingerprint density at radius 1 is 1.20 bits per heavy atom. The van der Waals surface area contributed by atoms with Crippen molar-refractivity contribution in [3.8, 4) is 0 Å². The number of amides is 2. The summed E-state index contributed by atoms with van der Waals surface area (Å²) in [6.45, 7) is 7.58. The molecule has 0 saturated heterocycles. The van der Waals surface area contributed by atoms with Crippen molar-refractivity contribution in [1.29, 1.82) is 0 Å². The van der Waals surface area contributed by atoms with Gasteiger partial charge in [-0.2, -0.15) is 0 Å². The summed E-state index contributed by atoms with van der Waals surface area (Å²) in [6, 6.07) is 0. The highest BCUT2D eigenvalue weighted by atomic mass is 19.1. The summed E-state index contributed by atoms with van der Waals surface area (Å²) in [5.74, 6) is -0.267. The molecule has 0 aliphatic carbocycles. The molecule has 0 aliphatic heterocycles. The van der Waals surface area contributed by atoms with E-state index in [1.165, 1.54) is 0 Å². The van der Waals surface area contributed by atoms with Crippen molar-refractivity contribution < 1.29 is 18.7 Å². The number of hydrogen-bond donors (Lipinski definition) is 2. The lowest BCUT2D eigenvalue weighted by Gasteiger charge is -2.20. The van der Waals surface area contributed by atoms with Crippen molar-refractivity contribution in [1.82, 2.24) is 10.6 Å². The highest BCUT2D eigenvalue weighted by Gasteiger charge is 2.18. The number of nitrogens with one attached hydrogen (secondary N) is 2. The SMILES string of the molecule is CCC(CCNC(=O)OC(C)(C)C)C(=O)NCCCF. The predicted octanol–water partition coefficient (Wildman–Crippen LogP) is 2.40. The first-order valence-corrected chi connectivity index (χ1v) is 7.10. The van der Waals surface area contributed by atoms with E-state index in [4.69, 9.17) is 4.74 Å². The molecule has 2 amide bonds. The van der Waals surface area contributed by atoms with Gasteiger partial charge in [-0.15, -0.1) is 0 Å². The van der Waals surface area contributed by atoms with Crippen LogP contribution in [-0.2, 0) is 9.53 Å². The lowest BCUT2D eigenvalue weighted by molar-refractivity contribution is -0.125. The summed E-state index contributed by atoms with van der Waals surface area (Å²) in [4.78, 5) is 23.2. The highest BCUT2D eigenvalue weighted by molar-refractivity contribution is 5.78. The number of rotatable bonds is 8. The van der Waals surface area contributed by atoms with E-state index in [1.54, 1.807) is 20.8 Å². The van der Waals surface area contributed by atoms with E-state index >= 15 is 0 Å². The molecule has 0 aromatic heterocycles. The number of halogens is 1. The molecule has 0 bridgehead atoms. The summed E-state index contributed by atoms with van der Waals surface area (Å²) in [5, 5.41) is 5.31. The van der Waals surface area contributed by atoms with Crippen LogP contribution in [0.5, 0.6) is 0 Å². The topological polar surface area (TPSA) is 67.4 Å². The van der Waals surface area contributed by atoms with Crippen LogP contribution in [0.15, 0.2) is 0 Å². The fourth-order valence-electron chi connectivity index (χ4n) is 1.61. The van der Waals surface area contributed by atoms with Crippen molar-refractivity contribution in [3.63, 3.8) is 0 Å². The van der Waals surface area contributed by atoms with Crippen LogP contribution in [0, 0.1) is 5.92 Å². The van der Waals surface area contributed by atoms with Gasteiger partial charge in [-0.3, -0.25) is 9.18 Å². The van der Waals surface area contributed by atoms with Crippen LogP contribution < -0.4 is 10.6 Å². The predicted molar refractivity (Wildman–Crippen MR) is 76.2 cm³/mol. The number of carbonyl (C=O) groups excluding carboxylic acids is 2. The summed E-state index contributed by atoms with van der Waals surface area (Å²) in [7, 11) is 0. The Morgan fingerprint density at radius 2 is 1.85 bits per heavy atom. The van der Waals surface area contributed by atoms with Gasteiger partial charge >= 0.3 is 6.09 Å². The molecule has 1 atom stereocenters. The maximum absolute atomic E-state index is 11.9. The number of hydrogen-bond acceptors (Lipinski definition) is 3. The molecule has 0 rings (SSSR count). The Morgan fingerprint density at radius 3 is 2.35 bits per heavy atom. The molecule has 0 heterocycles. The van der Waals surface area contributed by atoms with E-state index in [9.17, 15) is 14.0 Å². The van der Waals surface area contributed by atoms with Gasteiger partial charge in [0.25, 0.3) is 0 Å². The van der Waals surface area contributed by atoms with E-state index in [0.717, 1.165) is 0 Å². The zero-order chi connectivity index (χ0) is 15.6. The quantitative estimate of drug-likeness (QED) is 0.675. The molecular weight excluding hydrogens is 263 g/mol. The van der Waals surface area contributed by atoms with Gasteiger partial charge in [-0.25, -0.2) is 4.79 Å². The van der Waals surface area contributed by atoms with Crippen LogP contribution >= 0.6 is 0 Å². The Labute approximate surface area is 120 Å². The number of alkyl halides is 1. The number of carbonyl (C=O) groups is 2. The monoisotopic (exact) mass is 290 g/mol. The Bertz CT molecular complexity index is 303. The third-order valence-electron chi connectivity index (χ3n) is 2.63. The third-order valence-corrected chi connectivity index (χ3v) is 2.63. The van der Waals surface area contributed by atoms with Gasteiger partial charge in [-0.05, 0) is 40.0 Å². The molecule has 6 heteroatoms. The van der Waals surface area contributed by atoms with Crippen LogP contribution in [-0.4, -0.2) is 37.4 Å². The van der Waals surface area contributed by atoms with Crippen LogP contribution in [0.2, 0.25) is 0 Å². The molecule has 118 valence electrons. The Balaban J connectivity index is 3.95. The first-order valence-electron chi connectivity index (χ1n) is 7.10. The maximum Gasteiger partial charge on any atom is 0.407 e. The second-order valence-electron chi connectivity index (χ2n) is 5.66. The van der Waals surface area contributed by atoms with Crippen molar-refractivity contribution in [3.05, 3.63) is 0 Å². The summed E-state index contributed by atoms with van der Waals surface area (Å²) < 4.78 is 17.0. The average Bonchev–Trinajstić information content (AvgIpc) is 2.32. The molecule has 0 fully saturated rings. The van der Waals surface area contributed by atoms with Crippen LogP contribution in [0.1, 0.15) is 47.0 Å². The first kappa shape index (κ1) is 18.7. The molecule has 0 aliphatic rings. The Kier molecular flexibility index (Phi) is 8.92. The van der Waals surface area contributed by atoms with E-state index in [-0.39, 0.29) is 11.8 Å². The minimum atomic E-state index is -0.530. The molecule has 0 spiro atoms. The summed E-state index contributed by atoms with van der Waals surface area (Å²) in [6.07, 6.45) is 1.07. The van der Waals surface area contributed by atoms with Gasteiger partial charge < -0.3 is 15.4 Å². The van der Waals surface area contributed by atoms with E-state index < -0.39 is 18.4 Å². The van der Waals surface area contributed by atoms with Gasteiger partial charge in [0.1, 0.15) is 5.60 Å². The zero-order valence-electron chi connectivity index (χ0n) is 12.9. The molecule has 2 N–H and O–H groups in total. The highest BCUT2D eigenvalue weighted by Crippen LogP contribution is 2.09. The largest absolute Gasteiger partial charge is 0.444 e. The number of ether oxygens (including phenoxy) is 1. The minimum Gasteiger partial charge on any atom is -0.444 e. The zero-order valence-corrected chi connectivity index (χ0v) is 12.9. The first-order chi connectivity index (χ1) is 9.30. The second kappa shape index (κ2) is 9.55. The standard InChI is InChI=1S/C14H27FN2O3/c1-5-11(12(18)16-9-6-8-15)7-10-17-13(19)20-14(2,3)4/h11H,5-10H2,1-4H3,(H,16,18)(H,17,19). The molecule has 5 nitrogen and oxygen atoms in total. The second-order valence-corrected chi connectivity index (χ2v) is 5.66. The molecule has 20 heavy (non-hydrogen) atoms. The van der Waals surface area contributed by atoms with Crippen molar-refractivity contribution in [2.75, 3.05) is 19.8 Å². The van der Waals surface area contributed by atoms with E-state index in [1.807, 2.05) is 6.92 Å². The molecule has 0 radical (unpaired) electrons. The number of alkyl carbamates (subject to hydrolysis) is 1. The smallest absolute Gasteiger partial charge is 0.407 e. The van der Waals surface area contributed by atoms with Gasteiger partial charge in [0.2, 0.25) is 5.91 Å². The lowest BCUT2D eigenvalue weighted by Crippen LogP contribution is -2.36. The van der Waals surface area contributed by atoms with Gasteiger partial charge in [-0.1, -0.05) is 6.92 Å². The van der Waals surface area contributed by atoms with Crippen LogP contribution in [0.4, 0.5) is 9.18 Å². The van der Waals surface area contributed by atoms with Crippen LogP contribution in [0.3, 0.4) is 0 Å².